The molecule has 0 spiro atoms. The zero-order chi connectivity index (χ0) is 19.3. The maximum absolute atomic E-state index is 12.1. The zero-order valence-electron chi connectivity index (χ0n) is 15.7. The summed E-state index contributed by atoms with van der Waals surface area (Å²) >= 11 is 0. The quantitative estimate of drug-likeness (QED) is 0.549. The van der Waals surface area contributed by atoms with Crippen molar-refractivity contribution in [2.45, 2.75) is 45.8 Å². The summed E-state index contributed by atoms with van der Waals surface area (Å²) in [5.74, 6) is 0.0590. The zero-order valence-corrected chi connectivity index (χ0v) is 15.7. The molecule has 0 aromatic heterocycles. The molecule has 1 saturated heterocycles. The Morgan fingerprint density at radius 2 is 1.96 bits per heavy atom. The lowest BCUT2D eigenvalue weighted by Crippen LogP contribution is -2.39. The summed E-state index contributed by atoms with van der Waals surface area (Å²) in [6, 6.07) is 5.36. The minimum atomic E-state index is -0.836. The smallest absolute Gasteiger partial charge is 0.407 e. The molecule has 0 atom stereocenters. The summed E-state index contributed by atoms with van der Waals surface area (Å²) in [5, 5.41) is 12.4. The topological polar surface area (TPSA) is 105 Å². The Morgan fingerprint density at radius 1 is 1.31 bits per heavy atom. The monoisotopic (exact) mass is 363 g/mol. The van der Waals surface area contributed by atoms with Crippen LogP contribution in [0, 0.1) is 5.92 Å². The molecule has 1 aliphatic rings. The lowest BCUT2D eigenvalue weighted by Gasteiger charge is -2.30. The Bertz CT molecular complexity index is 647. The predicted octanol–water partition coefficient (Wildman–Crippen LogP) is 2.70. The number of anilines is 1. The number of carbonyl (C=O) groups excluding carboxylic acids is 1. The number of nitrogens with two attached hydrogens (primary N) is 1. The van der Waals surface area contributed by atoms with Crippen molar-refractivity contribution < 1.29 is 19.4 Å². The molecule has 0 aliphatic carbocycles. The predicted molar refractivity (Wildman–Crippen MR) is 100 cm³/mol. The van der Waals surface area contributed by atoms with Gasteiger partial charge in [-0.05, 0) is 63.8 Å². The third-order valence-electron chi connectivity index (χ3n) is 4.38. The number of hydrogen-bond acceptors (Lipinski definition) is 5. The number of nitrogens with one attached hydrogen (secondary N) is 1. The number of ether oxygens (including phenoxy) is 1. The van der Waals surface area contributed by atoms with Gasteiger partial charge in [-0.1, -0.05) is 6.07 Å². The molecule has 1 aliphatic heterocycles. The maximum Gasteiger partial charge on any atom is 0.407 e. The molecule has 0 unspecified atom stereocenters. The van der Waals surface area contributed by atoms with E-state index in [1.54, 1.807) is 12.1 Å². The van der Waals surface area contributed by atoms with E-state index in [1.165, 1.54) is 4.90 Å². The van der Waals surface area contributed by atoms with Crippen molar-refractivity contribution >= 4 is 17.7 Å². The van der Waals surface area contributed by atoms with Crippen LogP contribution in [-0.4, -0.2) is 47.3 Å². The van der Waals surface area contributed by atoms with Gasteiger partial charge in [-0.15, -0.1) is 0 Å². The van der Waals surface area contributed by atoms with E-state index in [1.807, 2.05) is 26.8 Å². The molecular formula is C19H29N3O4. The van der Waals surface area contributed by atoms with Gasteiger partial charge < -0.3 is 25.8 Å². The number of esters is 1. The van der Waals surface area contributed by atoms with Crippen LogP contribution in [0.15, 0.2) is 18.2 Å². The van der Waals surface area contributed by atoms with Crippen molar-refractivity contribution in [1.29, 1.82) is 0 Å². The molecule has 0 radical (unpaired) electrons. The largest absolute Gasteiger partial charge is 0.465 e. The Balaban J connectivity index is 1.81. The first-order valence-corrected chi connectivity index (χ1v) is 8.96. The molecule has 26 heavy (non-hydrogen) atoms. The fraction of sp³-hybridized carbons (Fsp3) is 0.579. The van der Waals surface area contributed by atoms with Crippen LogP contribution in [0.25, 0.3) is 0 Å². The summed E-state index contributed by atoms with van der Waals surface area (Å²) < 4.78 is 5.35. The number of likely N-dealkylation sites (tertiary alicyclic amines) is 1. The molecule has 7 heteroatoms. The van der Waals surface area contributed by atoms with E-state index < -0.39 is 17.7 Å². The Morgan fingerprint density at radius 3 is 2.50 bits per heavy atom. The van der Waals surface area contributed by atoms with Crippen LogP contribution >= 0.6 is 0 Å². The van der Waals surface area contributed by atoms with Gasteiger partial charge in [0.15, 0.2) is 0 Å². The fourth-order valence-electron chi connectivity index (χ4n) is 2.99. The van der Waals surface area contributed by atoms with Crippen molar-refractivity contribution in [2.75, 3.05) is 25.4 Å². The van der Waals surface area contributed by atoms with Gasteiger partial charge in [0.1, 0.15) is 5.60 Å². The van der Waals surface area contributed by atoms with Gasteiger partial charge in [-0.2, -0.15) is 0 Å². The molecule has 0 bridgehead atoms. The molecule has 0 saturated carbocycles. The van der Waals surface area contributed by atoms with Crippen LogP contribution < -0.4 is 11.1 Å². The van der Waals surface area contributed by atoms with Crippen molar-refractivity contribution in [2.24, 2.45) is 5.92 Å². The highest BCUT2D eigenvalue weighted by molar-refractivity contribution is 5.95. The molecule has 4 N–H and O–H groups in total. The van der Waals surface area contributed by atoms with Crippen LogP contribution in [0.5, 0.6) is 0 Å². The van der Waals surface area contributed by atoms with E-state index in [2.05, 4.69) is 5.32 Å². The van der Waals surface area contributed by atoms with E-state index >= 15 is 0 Å². The molecule has 1 fully saturated rings. The number of piperidine rings is 1. The molecule has 1 amide bonds. The second-order valence-electron chi connectivity index (χ2n) is 7.77. The van der Waals surface area contributed by atoms with Gasteiger partial charge in [0, 0.05) is 25.3 Å². The normalized spacial score (nSPS) is 15.7. The number of benzene rings is 1. The number of nitrogen functional groups attached to an aromatic ring is 1. The number of hydrogen-bond donors (Lipinski definition) is 3. The van der Waals surface area contributed by atoms with Crippen molar-refractivity contribution in [3.05, 3.63) is 29.3 Å². The highest BCUT2D eigenvalue weighted by Gasteiger charge is 2.22. The van der Waals surface area contributed by atoms with E-state index in [9.17, 15) is 9.59 Å². The Labute approximate surface area is 154 Å². The Hall–Kier alpha value is -2.28. The molecule has 1 heterocycles. The number of rotatable bonds is 5. The van der Waals surface area contributed by atoms with E-state index in [4.69, 9.17) is 15.6 Å². The lowest BCUT2D eigenvalue weighted by molar-refractivity contribution is 0.00707. The van der Waals surface area contributed by atoms with Gasteiger partial charge in [-0.3, -0.25) is 0 Å². The maximum atomic E-state index is 12.1. The first-order chi connectivity index (χ1) is 12.2. The number of carboxylic acid groups (broad SMARTS) is 1. The van der Waals surface area contributed by atoms with E-state index in [0.29, 0.717) is 36.8 Å². The second-order valence-corrected chi connectivity index (χ2v) is 7.77. The lowest BCUT2D eigenvalue weighted by atomic mass is 9.97. The highest BCUT2D eigenvalue weighted by Crippen LogP contribution is 2.20. The van der Waals surface area contributed by atoms with E-state index in [-0.39, 0.29) is 0 Å². The van der Waals surface area contributed by atoms with Gasteiger partial charge in [0.25, 0.3) is 0 Å². The second kappa shape index (κ2) is 8.40. The summed E-state index contributed by atoms with van der Waals surface area (Å²) in [4.78, 5) is 24.5. The standard InChI is InChI=1S/C19H29N3O4/c1-19(2,3)26-17(23)15-5-4-14(10-16(15)20)12-21-11-13-6-8-22(9-7-13)18(24)25/h4-5,10,13,21H,6-9,11-12,20H2,1-3H3,(H,24,25). The van der Waals surface area contributed by atoms with Crippen LogP contribution in [0.4, 0.5) is 10.5 Å². The van der Waals surface area contributed by atoms with E-state index in [0.717, 1.165) is 24.9 Å². The van der Waals surface area contributed by atoms with Gasteiger partial charge in [-0.25, -0.2) is 9.59 Å². The first-order valence-electron chi connectivity index (χ1n) is 8.96. The number of nitrogens with zero attached hydrogens (tertiary/aromatic N) is 1. The summed E-state index contributed by atoms with van der Waals surface area (Å²) in [7, 11) is 0. The SMILES string of the molecule is CC(C)(C)OC(=O)c1ccc(CNCC2CCN(C(=O)O)CC2)cc1N. The van der Waals surface area contributed by atoms with Crippen LogP contribution in [0.2, 0.25) is 0 Å². The van der Waals surface area contributed by atoms with Crippen LogP contribution in [0.1, 0.15) is 49.5 Å². The fourth-order valence-corrected chi connectivity index (χ4v) is 2.99. The van der Waals surface area contributed by atoms with Crippen LogP contribution in [-0.2, 0) is 11.3 Å². The molecular weight excluding hydrogens is 334 g/mol. The first kappa shape index (κ1) is 20.0. The highest BCUT2D eigenvalue weighted by atomic mass is 16.6. The number of carbonyl (C=O) groups is 2. The molecule has 7 nitrogen and oxygen atoms in total. The third-order valence-corrected chi connectivity index (χ3v) is 4.38. The molecule has 1 aromatic rings. The molecule has 144 valence electrons. The average Bonchev–Trinajstić information content (AvgIpc) is 2.53. The van der Waals surface area contributed by atoms with Crippen LogP contribution in [0.3, 0.4) is 0 Å². The minimum Gasteiger partial charge on any atom is -0.465 e. The molecule has 1 aromatic carbocycles. The van der Waals surface area contributed by atoms with Crippen molar-refractivity contribution in [1.82, 2.24) is 10.2 Å². The summed E-state index contributed by atoms with van der Waals surface area (Å²) in [5.41, 5.74) is 7.24. The summed E-state index contributed by atoms with van der Waals surface area (Å²) in [6.45, 7) is 8.14. The molecule has 2 rings (SSSR count). The van der Waals surface area contributed by atoms with Crippen molar-refractivity contribution in [3.63, 3.8) is 0 Å². The average molecular weight is 363 g/mol. The number of amides is 1. The Kier molecular flexibility index (Phi) is 6.47. The van der Waals surface area contributed by atoms with Gasteiger partial charge in [0.2, 0.25) is 0 Å². The summed E-state index contributed by atoms with van der Waals surface area (Å²) in [6.07, 6.45) is 0.912. The van der Waals surface area contributed by atoms with Gasteiger partial charge in [0.05, 0.1) is 5.56 Å². The van der Waals surface area contributed by atoms with Crippen molar-refractivity contribution in [3.8, 4) is 0 Å². The third kappa shape index (κ3) is 5.91. The van der Waals surface area contributed by atoms with Gasteiger partial charge >= 0.3 is 12.1 Å². The minimum absolute atomic E-state index is 0.379.